The van der Waals surface area contributed by atoms with Crippen LogP contribution in [0.5, 0.6) is 17.2 Å². The predicted molar refractivity (Wildman–Crippen MR) is 133 cm³/mol. The monoisotopic (exact) mass is 473 g/mol. The van der Waals surface area contributed by atoms with Crippen molar-refractivity contribution in [1.82, 2.24) is 14.8 Å². The molecule has 7 nitrogen and oxygen atoms in total. The molecule has 0 unspecified atom stereocenters. The Morgan fingerprint density at radius 3 is 2.57 bits per heavy atom. The van der Waals surface area contributed by atoms with Gasteiger partial charge in [0.15, 0.2) is 11.5 Å². The van der Waals surface area contributed by atoms with E-state index in [0.29, 0.717) is 43.4 Å². The van der Waals surface area contributed by atoms with E-state index in [-0.39, 0.29) is 5.91 Å². The van der Waals surface area contributed by atoms with E-state index >= 15 is 0 Å². The third kappa shape index (κ3) is 5.57. The van der Waals surface area contributed by atoms with Crippen LogP contribution in [0.1, 0.15) is 34.0 Å². The van der Waals surface area contributed by atoms with Crippen LogP contribution in [0.3, 0.4) is 0 Å². The topological polar surface area (TPSA) is 64.1 Å². The van der Waals surface area contributed by atoms with Crippen molar-refractivity contribution in [3.63, 3.8) is 0 Å². The summed E-state index contributed by atoms with van der Waals surface area (Å²) in [7, 11) is 0. The van der Waals surface area contributed by atoms with Gasteiger partial charge >= 0.3 is 0 Å². The summed E-state index contributed by atoms with van der Waals surface area (Å²) >= 11 is 0. The molecular weight excluding hydrogens is 442 g/mol. The van der Waals surface area contributed by atoms with Crippen molar-refractivity contribution in [2.75, 3.05) is 39.4 Å². The summed E-state index contributed by atoms with van der Waals surface area (Å²) in [6.07, 6.45) is 4.47. The van der Waals surface area contributed by atoms with Crippen molar-refractivity contribution >= 4 is 5.91 Å². The molecule has 0 saturated carbocycles. The van der Waals surface area contributed by atoms with E-state index < -0.39 is 0 Å². The third-order valence-corrected chi connectivity index (χ3v) is 6.45. The lowest BCUT2D eigenvalue weighted by atomic mass is 10.1. The molecule has 0 atom stereocenters. The maximum Gasteiger partial charge on any atom is 0.254 e. The van der Waals surface area contributed by atoms with Gasteiger partial charge in [-0.1, -0.05) is 12.1 Å². The number of aromatic nitrogens is 1. The van der Waals surface area contributed by atoms with Gasteiger partial charge in [-0.15, -0.1) is 0 Å². The number of hydrogen-bond donors (Lipinski definition) is 0. The van der Waals surface area contributed by atoms with Gasteiger partial charge in [0.25, 0.3) is 5.91 Å². The molecule has 0 N–H and O–H groups in total. The molecule has 1 amide bonds. The van der Waals surface area contributed by atoms with Crippen molar-refractivity contribution in [3.05, 3.63) is 83.2 Å². The van der Waals surface area contributed by atoms with Gasteiger partial charge in [0.1, 0.15) is 12.4 Å². The second-order valence-electron chi connectivity index (χ2n) is 8.85. The first-order valence-electron chi connectivity index (χ1n) is 12.2. The molecule has 7 heteroatoms. The normalized spacial score (nSPS) is 15.4. The van der Waals surface area contributed by atoms with Crippen molar-refractivity contribution < 1.29 is 19.0 Å². The first kappa shape index (κ1) is 23.2. The molecule has 1 aromatic heterocycles. The lowest BCUT2D eigenvalue weighted by Crippen LogP contribution is -2.48. The van der Waals surface area contributed by atoms with E-state index in [1.54, 1.807) is 18.5 Å². The lowest BCUT2D eigenvalue weighted by Gasteiger charge is -2.35. The fourth-order valence-electron chi connectivity index (χ4n) is 4.56. The summed E-state index contributed by atoms with van der Waals surface area (Å²) < 4.78 is 17.4. The van der Waals surface area contributed by atoms with E-state index in [1.807, 2.05) is 36.1 Å². The molecule has 182 valence electrons. The minimum atomic E-state index is 0.0287. The van der Waals surface area contributed by atoms with Gasteiger partial charge in [0.05, 0.1) is 13.2 Å². The van der Waals surface area contributed by atoms with Crippen molar-refractivity contribution in [2.45, 2.75) is 26.5 Å². The van der Waals surface area contributed by atoms with Crippen LogP contribution in [0.25, 0.3) is 0 Å². The van der Waals surface area contributed by atoms with Crippen LogP contribution >= 0.6 is 0 Å². The molecule has 0 bridgehead atoms. The van der Waals surface area contributed by atoms with E-state index in [1.165, 1.54) is 11.1 Å². The van der Waals surface area contributed by atoms with Crippen molar-refractivity contribution in [3.8, 4) is 17.2 Å². The van der Waals surface area contributed by atoms with E-state index in [0.717, 1.165) is 44.0 Å². The van der Waals surface area contributed by atoms with E-state index in [2.05, 4.69) is 28.1 Å². The maximum absolute atomic E-state index is 13.2. The number of pyridine rings is 1. The molecule has 3 heterocycles. The van der Waals surface area contributed by atoms with E-state index in [4.69, 9.17) is 14.2 Å². The maximum atomic E-state index is 13.2. The summed E-state index contributed by atoms with van der Waals surface area (Å²) in [6.45, 7) is 7.62. The van der Waals surface area contributed by atoms with Crippen LogP contribution in [-0.2, 0) is 19.6 Å². The SMILES string of the molecule is CCOc1cc(C(=O)N2CCN(Cc3ccc4c(c3)CCO4)CC2)ccc1OCc1ccncc1. The smallest absolute Gasteiger partial charge is 0.254 e. The van der Waals surface area contributed by atoms with Crippen LogP contribution in [0, 0.1) is 0 Å². The number of amides is 1. The number of benzene rings is 2. The summed E-state index contributed by atoms with van der Waals surface area (Å²) in [5, 5.41) is 0. The van der Waals surface area contributed by atoms with Crippen molar-refractivity contribution in [2.24, 2.45) is 0 Å². The number of carbonyl (C=O) groups is 1. The Balaban J connectivity index is 1.18. The van der Waals surface area contributed by atoms with Crippen molar-refractivity contribution in [1.29, 1.82) is 0 Å². The summed E-state index contributed by atoms with van der Waals surface area (Å²) in [6, 6.07) is 15.8. The first-order chi connectivity index (χ1) is 17.2. The zero-order valence-corrected chi connectivity index (χ0v) is 20.1. The Morgan fingerprint density at radius 2 is 1.77 bits per heavy atom. The third-order valence-electron chi connectivity index (χ3n) is 6.45. The number of ether oxygens (including phenoxy) is 3. The number of nitrogens with zero attached hydrogens (tertiary/aromatic N) is 3. The van der Waals surface area contributed by atoms with Gasteiger partial charge < -0.3 is 19.1 Å². The fraction of sp³-hybridized carbons (Fsp3) is 0.357. The average Bonchev–Trinajstić information content (AvgIpc) is 3.37. The summed E-state index contributed by atoms with van der Waals surface area (Å²) in [5.41, 5.74) is 4.25. The summed E-state index contributed by atoms with van der Waals surface area (Å²) in [4.78, 5) is 21.6. The molecule has 0 radical (unpaired) electrons. The average molecular weight is 474 g/mol. The van der Waals surface area contributed by atoms with Crippen LogP contribution in [0.4, 0.5) is 0 Å². The number of fused-ring (bicyclic) bond motifs is 1. The van der Waals surface area contributed by atoms with Crippen LogP contribution < -0.4 is 14.2 Å². The Bertz CT molecular complexity index is 1160. The first-order valence-corrected chi connectivity index (χ1v) is 12.2. The molecule has 1 fully saturated rings. The van der Waals surface area contributed by atoms with Crippen LogP contribution in [-0.4, -0.2) is 60.1 Å². The quantitative estimate of drug-likeness (QED) is 0.494. The van der Waals surface area contributed by atoms with Gasteiger partial charge in [-0.3, -0.25) is 14.7 Å². The number of rotatable bonds is 8. The Morgan fingerprint density at radius 1 is 0.943 bits per heavy atom. The highest BCUT2D eigenvalue weighted by Gasteiger charge is 2.24. The lowest BCUT2D eigenvalue weighted by molar-refractivity contribution is 0.0628. The number of piperazine rings is 1. The van der Waals surface area contributed by atoms with Crippen LogP contribution in [0.2, 0.25) is 0 Å². The molecular formula is C28H31N3O4. The van der Waals surface area contributed by atoms with Gasteiger partial charge in [-0.25, -0.2) is 0 Å². The Hall–Kier alpha value is -3.58. The molecule has 35 heavy (non-hydrogen) atoms. The minimum Gasteiger partial charge on any atom is -0.493 e. The largest absolute Gasteiger partial charge is 0.493 e. The Labute approximate surface area is 206 Å². The number of carbonyl (C=O) groups excluding carboxylic acids is 1. The highest BCUT2D eigenvalue weighted by atomic mass is 16.5. The molecule has 2 aromatic carbocycles. The minimum absolute atomic E-state index is 0.0287. The summed E-state index contributed by atoms with van der Waals surface area (Å²) in [5.74, 6) is 2.27. The van der Waals surface area contributed by atoms with Crippen LogP contribution in [0.15, 0.2) is 60.9 Å². The molecule has 0 aliphatic carbocycles. The van der Waals surface area contributed by atoms with Gasteiger partial charge in [0.2, 0.25) is 0 Å². The second kappa shape index (κ2) is 10.8. The highest BCUT2D eigenvalue weighted by molar-refractivity contribution is 5.95. The molecule has 2 aliphatic rings. The zero-order valence-electron chi connectivity index (χ0n) is 20.1. The fourth-order valence-corrected chi connectivity index (χ4v) is 4.56. The molecule has 3 aromatic rings. The highest BCUT2D eigenvalue weighted by Crippen LogP contribution is 2.30. The zero-order chi connectivity index (χ0) is 24.0. The Kier molecular flexibility index (Phi) is 7.14. The molecule has 0 spiro atoms. The van der Waals surface area contributed by atoms with E-state index in [9.17, 15) is 4.79 Å². The predicted octanol–water partition coefficient (Wildman–Crippen LogP) is 3.95. The standard InChI is InChI=1S/C28H31N3O4/c1-2-33-27-18-24(4-6-26(27)35-20-21-7-10-29-11-8-21)28(32)31-14-12-30(13-15-31)19-22-3-5-25-23(17-22)9-16-34-25/h3-8,10-11,17-18H,2,9,12-16,19-20H2,1H3. The molecule has 5 rings (SSSR count). The van der Waals surface area contributed by atoms with Gasteiger partial charge in [0, 0.05) is 57.1 Å². The second-order valence-corrected chi connectivity index (χ2v) is 8.85. The number of hydrogen-bond acceptors (Lipinski definition) is 6. The van der Waals surface area contributed by atoms with Gasteiger partial charge in [-0.2, -0.15) is 0 Å². The molecule has 2 aliphatic heterocycles. The van der Waals surface area contributed by atoms with Gasteiger partial charge in [-0.05, 0) is 60.0 Å². The molecule has 1 saturated heterocycles.